The fraction of sp³-hybridized carbons (Fsp3) is 0.333. The highest BCUT2D eigenvalue weighted by Gasteiger charge is 2.19. The van der Waals surface area contributed by atoms with Gasteiger partial charge in [-0.3, -0.25) is 9.20 Å². The number of fused-ring (bicyclic) bond motifs is 1. The van der Waals surface area contributed by atoms with Gasteiger partial charge < -0.3 is 10.0 Å². The molecule has 5 nitrogen and oxygen atoms in total. The van der Waals surface area contributed by atoms with Gasteiger partial charge >= 0.3 is 0 Å². The first kappa shape index (κ1) is 16.7. The Bertz CT molecular complexity index is 836. The largest absolute Gasteiger partial charge is 0.395 e. The number of aliphatic hydroxyl groups excluding tert-OH is 1. The fourth-order valence-corrected chi connectivity index (χ4v) is 3.52. The molecule has 0 saturated heterocycles. The third-order valence-corrected chi connectivity index (χ3v) is 4.96. The number of hydrogen-bond acceptors (Lipinski definition) is 4. The maximum absolute atomic E-state index is 12.6. The number of aliphatic hydroxyl groups is 1. The van der Waals surface area contributed by atoms with E-state index in [4.69, 9.17) is 5.11 Å². The molecule has 0 atom stereocenters. The van der Waals surface area contributed by atoms with Gasteiger partial charge in [0.2, 0.25) is 0 Å². The standard InChI is InChI=1S/C18H21N3O2S/c1-3-13-5-7-14(8-6-13)15-11-21-16(12-24-18(21)19-15)17(23)20(4-2)9-10-22/h5-8,11-12,22H,3-4,9-10H2,1-2H3. The van der Waals surface area contributed by atoms with Crippen LogP contribution in [0.15, 0.2) is 35.8 Å². The Morgan fingerprint density at radius 3 is 2.67 bits per heavy atom. The second kappa shape index (κ2) is 7.15. The molecular formula is C18H21N3O2S. The van der Waals surface area contributed by atoms with Crippen LogP contribution in [0.4, 0.5) is 0 Å². The average Bonchev–Trinajstić information content (AvgIpc) is 3.19. The molecule has 1 amide bonds. The summed E-state index contributed by atoms with van der Waals surface area (Å²) in [7, 11) is 0. The van der Waals surface area contributed by atoms with Crippen molar-refractivity contribution in [3.8, 4) is 11.3 Å². The van der Waals surface area contributed by atoms with E-state index in [1.165, 1.54) is 16.9 Å². The van der Waals surface area contributed by atoms with Crippen molar-refractivity contribution < 1.29 is 9.90 Å². The van der Waals surface area contributed by atoms with Crippen LogP contribution in [0.3, 0.4) is 0 Å². The van der Waals surface area contributed by atoms with Crippen molar-refractivity contribution >= 4 is 22.2 Å². The highest BCUT2D eigenvalue weighted by atomic mass is 32.1. The molecule has 0 aliphatic carbocycles. The van der Waals surface area contributed by atoms with Crippen molar-refractivity contribution in [1.29, 1.82) is 0 Å². The number of rotatable bonds is 6. The molecular weight excluding hydrogens is 322 g/mol. The monoisotopic (exact) mass is 343 g/mol. The van der Waals surface area contributed by atoms with Gasteiger partial charge in [0.15, 0.2) is 4.96 Å². The molecule has 0 fully saturated rings. The normalized spacial score (nSPS) is 11.1. The van der Waals surface area contributed by atoms with E-state index >= 15 is 0 Å². The molecule has 3 aromatic rings. The van der Waals surface area contributed by atoms with Crippen LogP contribution in [0, 0.1) is 0 Å². The summed E-state index contributed by atoms with van der Waals surface area (Å²) in [5.74, 6) is -0.0805. The third-order valence-electron chi connectivity index (χ3n) is 4.12. The van der Waals surface area contributed by atoms with Gasteiger partial charge in [-0.2, -0.15) is 0 Å². The number of amides is 1. The van der Waals surface area contributed by atoms with Gasteiger partial charge in [-0.15, -0.1) is 11.3 Å². The number of likely N-dealkylation sites (N-methyl/N-ethyl adjacent to an activating group) is 1. The van der Waals surface area contributed by atoms with E-state index in [0.29, 0.717) is 18.8 Å². The summed E-state index contributed by atoms with van der Waals surface area (Å²) in [5.41, 5.74) is 3.79. The Hall–Kier alpha value is -2.18. The van der Waals surface area contributed by atoms with Gasteiger partial charge in [-0.25, -0.2) is 4.98 Å². The zero-order valence-electron chi connectivity index (χ0n) is 13.9. The molecule has 0 saturated carbocycles. The number of aryl methyl sites for hydroxylation is 1. The molecule has 0 unspecified atom stereocenters. The minimum absolute atomic E-state index is 0.0359. The van der Waals surface area contributed by atoms with E-state index < -0.39 is 0 Å². The molecule has 126 valence electrons. The van der Waals surface area contributed by atoms with E-state index in [-0.39, 0.29) is 12.5 Å². The lowest BCUT2D eigenvalue weighted by Gasteiger charge is -2.18. The molecule has 1 N–H and O–H groups in total. The molecule has 1 aromatic carbocycles. The summed E-state index contributed by atoms with van der Waals surface area (Å²) in [6, 6.07) is 8.34. The maximum atomic E-state index is 12.6. The SMILES string of the molecule is CCc1ccc(-c2cn3c(C(=O)N(CC)CCO)csc3n2)cc1. The minimum atomic E-state index is -0.0805. The van der Waals surface area contributed by atoms with Crippen molar-refractivity contribution in [2.45, 2.75) is 20.3 Å². The van der Waals surface area contributed by atoms with Crippen molar-refractivity contribution in [3.05, 3.63) is 47.1 Å². The zero-order chi connectivity index (χ0) is 17.1. The number of benzene rings is 1. The summed E-state index contributed by atoms with van der Waals surface area (Å²) < 4.78 is 1.84. The smallest absolute Gasteiger partial charge is 0.271 e. The van der Waals surface area contributed by atoms with Crippen molar-refractivity contribution in [1.82, 2.24) is 14.3 Å². The first-order chi connectivity index (χ1) is 11.7. The van der Waals surface area contributed by atoms with Crippen LogP contribution in [-0.4, -0.2) is 45.0 Å². The number of carbonyl (C=O) groups excluding carboxylic acids is 1. The first-order valence-electron chi connectivity index (χ1n) is 8.14. The van der Waals surface area contributed by atoms with Crippen molar-refractivity contribution in [2.24, 2.45) is 0 Å². The van der Waals surface area contributed by atoms with E-state index in [1.54, 1.807) is 4.90 Å². The Balaban J connectivity index is 1.94. The quantitative estimate of drug-likeness (QED) is 0.748. The van der Waals surface area contributed by atoms with Crippen LogP contribution in [-0.2, 0) is 6.42 Å². The second-order valence-corrected chi connectivity index (χ2v) is 6.40. The third kappa shape index (κ3) is 3.07. The van der Waals surface area contributed by atoms with Crippen molar-refractivity contribution in [3.63, 3.8) is 0 Å². The number of thiazole rings is 1. The Morgan fingerprint density at radius 1 is 1.29 bits per heavy atom. The van der Waals surface area contributed by atoms with Crippen LogP contribution >= 0.6 is 11.3 Å². The van der Waals surface area contributed by atoms with Gasteiger partial charge in [0, 0.05) is 30.2 Å². The summed E-state index contributed by atoms with van der Waals surface area (Å²) in [5, 5.41) is 10.9. The summed E-state index contributed by atoms with van der Waals surface area (Å²) >= 11 is 1.45. The van der Waals surface area contributed by atoms with Gasteiger partial charge in [0.05, 0.1) is 12.3 Å². The number of nitrogens with zero attached hydrogens (tertiary/aromatic N) is 3. The van der Waals surface area contributed by atoms with Crippen molar-refractivity contribution in [2.75, 3.05) is 19.7 Å². The van der Waals surface area contributed by atoms with Crippen LogP contribution in [0.25, 0.3) is 16.2 Å². The molecule has 6 heteroatoms. The van der Waals surface area contributed by atoms with Gasteiger partial charge in [-0.1, -0.05) is 31.2 Å². The van der Waals surface area contributed by atoms with Crippen LogP contribution in [0.5, 0.6) is 0 Å². The Labute approximate surface area is 145 Å². The fourth-order valence-electron chi connectivity index (χ4n) is 2.67. The molecule has 3 rings (SSSR count). The minimum Gasteiger partial charge on any atom is -0.395 e. The second-order valence-electron chi connectivity index (χ2n) is 5.56. The molecule has 0 spiro atoms. The topological polar surface area (TPSA) is 57.8 Å². The predicted octanol–water partition coefficient (Wildman–Crippen LogP) is 3.08. The summed E-state index contributed by atoms with van der Waals surface area (Å²) in [6.07, 6.45) is 2.92. The van der Waals surface area contributed by atoms with Crippen LogP contribution in [0.2, 0.25) is 0 Å². The van der Waals surface area contributed by atoms with E-state index in [2.05, 4.69) is 36.2 Å². The number of carbonyl (C=O) groups is 1. The Kier molecular flexibility index (Phi) is 4.97. The lowest BCUT2D eigenvalue weighted by atomic mass is 10.1. The Morgan fingerprint density at radius 2 is 2.04 bits per heavy atom. The molecule has 0 aliphatic heterocycles. The average molecular weight is 343 g/mol. The lowest BCUT2D eigenvalue weighted by molar-refractivity contribution is 0.0725. The van der Waals surface area contributed by atoms with Gasteiger partial charge in [-0.05, 0) is 18.9 Å². The highest BCUT2D eigenvalue weighted by Crippen LogP contribution is 2.24. The first-order valence-corrected chi connectivity index (χ1v) is 9.02. The molecule has 0 radical (unpaired) electrons. The van der Waals surface area contributed by atoms with E-state index in [9.17, 15) is 4.79 Å². The molecule has 24 heavy (non-hydrogen) atoms. The van der Waals surface area contributed by atoms with Crippen LogP contribution < -0.4 is 0 Å². The summed E-state index contributed by atoms with van der Waals surface area (Å²) in [4.78, 5) is 19.7. The molecule has 2 heterocycles. The number of aromatic nitrogens is 2. The lowest BCUT2D eigenvalue weighted by Crippen LogP contribution is -2.33. The number of imidazole rings is 1. The van der Waals surface area contributed by atoms with E-state index in [0.717, 1.165) is 22.6 Å². The highest BCUT2D eigenvalue weighted by molar-refractivity contribution is 7.15. The zero-order valence-corrected chi connectivity index (χ0v) is 14.7. The van der Waals surface area contributed by atoms with Gasteiger partial charge in [0.25, 0.3) is 5.91 Å². The predicted molar refractivity (Wildman–Crippen MR) is 96.5 cm³/mol. The maximum Gasteiger partial charge on any atom is 0.271 e. The van der Waals surface area contributed by atoms with Crippen LogP contribution in [0.1, 0.15) is 29.9 Å². The molecule has 0 aliphatic rings. The van der Waals surface area contributed by atoms with E-state index in [1.807, 2.05) is 22.9 Å². The molecule has 2 aromatic heterocycles. The van der Waals surface area contributed by atoms with Gasteiger partial charge in [0.1, 0.15) is 5.69 Å². The summed E-state index contributed by atoms with van der Waals surface area (Å²) in [6.45, 7) is 4.91. The number of hydrogen-bond donors (Lipinski definition) is 1. The molecule has 0 bridgehead atoms.